The molecule has 0 bridgehead atoms. The molecule has 3 aromatic heterocycles. The Kier molecular flexibility index (Phi) is 4.50. The number of nitrogens with zero attached hydrogens (tertiary/aromatic N) is 3. The van der Waals surface area contributed by atoms with Crippen molar-refractivity contribution in [3.63, 3.8) is 0 Å². The monoisotopic (exact) mass is 419 g/mol. The lowest BCUT2D eigenvalue weighted by Gasteiger charge is -2.09. The molecule has 4 heteroatoms. The predicted octanol–water partition coefficient (Wildman–Crippen LogP) is 6.88. The summed E-state index contributed by atoms with van der Waals surface area (Å²) in [5.41, 5.74) is 6.58. The molecule has 0 saturated carbocycles. The average Bonchev–Trinajstić information content (AvgIpc) is 3.40. The highest BCUT2D eigenvalue weighted by molar-refractivity contribution is 6.12. The topological polar surface area (TPSA) is 22.2 Å². The lowest BCUT2D eigenvalue weighted by molar-refractivity contribution is 0.628. The fourth-order valence-corrected chi connectivity index (χ4v) is 4.73. The molecule has 3 nitrogen and oxygen atoms in total. The van der Waals surface area contributed by atoms with Crippen LogP contribution in [0.15, 0.2) is 97.3 Å². The fraction of sp³-hybridized carbons (Fsp3) is 0.107. The minimum absolute atomic E-state index is 0.233. The maximum absolute atomic E-state index is 13.4. The first-order valence-electron chi connectivity index (χ1n) is 11.0. The van der Waals surface area contributed by atoms with Crippen LogP contribution in [0.1, 0.15) is 12.0 Å². The maximum Gasteiger partial charge on any atom is 0.161 e. The van der Waals surface area contributed by atoms with E-state index in [1.807, 2.05) is 6.20 Å². The maximum atomic E-state index is 13.4. The molecule has 32 heavy (non-hydrogen) atoms. The third kappa shape index (κ3) is 3.07. The number of aromatic nitrogens is 3. The second-order valence-electron chi connectivity index (χ2n) is 8.18. The number of para-hydroxylation sites is 1. The molecule has 156 valence electrons. The highest BCUT2D eigenvalue weighted by Gasteiger charge is 2.16. The zero-order chi connectivity index (χ0) is 21.5. The zero-order valence-corrected chi connectivity index (χ0v) is 17.6. The first-order chi connectivity index (χ1) is 15.8. The summed E-state index contributed by atoms with van der Waals surface area (Å²) in [6, 6.07) is 28.0. The molecule has 6 rings (SSSR count). The van der Waals surface area contributed by atoms with Crippen LogP contribution in [0.25, 0.3) is 38.7 Å². The Morgan fingerprint density at radius 3 is 2.41 bits per heavy atom. The molecule has 0 N–H and O–H groups in total. The van der Waals surface area contributed by atoms with Crippen molar-refractivity contribution < 1.29 is 4.39 Å². The molecule has 0 unspecified atom stereocenters. The molecule has 0 spiro atoms. The summed E-state index contributed by atoms with van der Waals surface area (Å²) in [6.45, 7) is 0.914. The minimum atomic E-state index is -0.233. The first-order valence-corrected chi connectivity index (χ1v) is 11.0. The first kappa shape index (κ1) is 18.8. The van der Waals surface area contributed by atoms with Gasteiger partial charge < -0.3 is 4.57 Å². The van der Waals surface area contributed by atoms with E-state index in [0.717, 1.165) is 41.8 Å². The van der Waals surface area contributed by atoms with Crippen molar-refractivity contribution in [2.75, 3.05) is 0 Å². The van der Waals surface area contributed by atoms with Crippen LogP contribution >= 0.6 is 0 Å². The number of fused-ring (bicyclic) bond motifs is 5. The third-order valence-corrected chi connectivity index (χ3v) is 6.24. The van der Waals surface area contributed by atoms with Crippen LogP contribution in [0.3, 0.4) is 0 Å². The highest BCUT2D eigenvalue weighted by Crippen LogP contribution is 2.33. The van der Waals surface area contributed by atoms with Crippen molar-refractivity contribution in [1.82, 2.24) is 14.0 Å². The molecule has 0 atom stereocenters. The van der Waals surface area contributed by atoms with Gasteiger partial charge >= 0.3 is 0 Å². The Morgan fingerprint density at radius 1 is 0.781 bits per heavy atom. The summed E-state index contributed by atoms with van der Waals surface area (Å²) < 4.78 is 18.0. The van der Waals surface area contributed by atoms with Crippen LogP contribution in [0.4, 0.5) is 4.39 Å². The Morgan fingerprint density at radius 2 is 1.56 bits per heavy atom. The van der Waals surface area contributed by atoms with Gasteiger partial charge in [0, 0.05) is 34.6 Å². The minimum Gasteiger partial charge on any atom is -0.337 e. The zero-order valence-electron chi connectivity index (χ0n) is 17.6. The predicted molar refractivity (Wildman–Crippen MR) is 128 cm³/mol. The lowest BCUT2D eigenvalue weighted by atomic mass is 10.1. The van der Waals surface area contributed by atoms with E-state index in [4.69, 9.17) is 4.98 Å². The second-order valence-corrected chi connectivity index (χ2v) is 8.18. The molecule has 0 aliphatic rings. The number of pyridine rings is 1. The van der Waals surface area contributed by atoms with Gasteiger partial charge in [0.15, 0.2) is 5.65 Å². The SMILES string of the molecule is Fc1ccc(-c2cnc3c4c(ccn23)c2ccccc2n4CCCc2ccccc2)cc1. The lowest BCUT2D eigenvalue weighted by Crippen LogP contribution is -2.01. The van der Waals surface area contributed by atoms with Gasteiger partial charge in [-0.05, 0) is 54.8 Å². The molecule has 0 aliphatic carbocycles. The van der Waals surface area contributed by atoms with Crippen molar-refractivity contribution in [3.05, 3.63) is 109 Å². The number of hydrogen-bond donors (Lipinski definition) is 0. The quantitative estimate of drug-likeness (QED) is 0.298. The van der Waals surface area contributed by atoms with Gasteiger partial charge in [0.1, 0.15) is 5.82 Å². The van der Waals surface area contributed by atoms with Crippen LogP contribution in [0, 0.1) is 5.82 Å². The molecule has 0 aliphatic heterocycles. The number of halogens is 1. The van der Waals surface area contributed by atoms with E-state index < -0.39 is 0 Å². The van der Waals surface area contributed by atoms with E-state index in [2.05, 4.69) is 75.8 Å². The van der Waals surface area contributed by atoms with Crippen molar-refractivity contribution in [2.24, 2.45) is 0 Å². The van der Waals surface area contributed by atoms with Crippen molar-refractivity contribution in [2.45, 2.75) is 19.4 Å². The van der Waals surface area contributed by atoms with Gasteiger partial charge in [-0.3, -0.25) is 4.40 Å². The van der Waals surface area contributed by atoms with E-state index in [-0.39, 0.29) is 5.82 Å². The molecule has 0 saturated heterocycles. The van der Waals surface area contributed by atoms with Crippen LogP contribution in [-0.4, -0.2) is 14.0 Å². The van der Waals surface area contributed by atoms with Crippen molar-refractivity contribution in [3.8, 4) is 11.3 Å². The fourth-order valence-electron chi connectivity index (χ4n) is 4.73. The summed E-state index contributed by atoms with van der Waals surface area (Å²) >= 11 is 0. The van der Waals surface area contributed by atoms with Crippen LogP contribution < -0.4 is 0 Å². The summed E-state index contributed by atoms with van der Waals surface area (Å²) in [7, 11) is 0. The van der Waals surface area contributed by atoms with Crippen LogP contribution in [0.2, 0.25) is 0 Å². The van der Waals surface area contributed by atoms with Gasteiger partial charge in [0.25, 0.3) is 0 Å². The number of imidazole rings is 1. The summed E-state index contributed by atoms with van der Waals surface area (Å²) in [5.74, 6) is -0.233. The number of benzene rings is 3. The molecule has 0 amide bonds. The molecule has 0 radical (unpaired) electrons. The van der Waals surface area contributed by atoms with Crippen molar-refractivity contribution in [1.29, 1.82) is 0 Å². The number of hydrogen-bond acceptors (Lipinski definition) is 1. The molecule has 3 heterocycles. The Balaban J connectivity index is 1.50. The van der Waals surface area contributed by atoms with E-state index in [1.165, 1.54) is 34.0 Å². The molecule has 3 aromatic carbocycles. The normalized spacial score (nSPS) is 11.7. The average molecular weight is 420 g/mol. The summed E-state index contributed by atoms with van der Waals surface area (Å²) in [4.78, 5) is 4.82. The second kappa shape index (κ2) is 7.65. The van der Waals surface area contributed by atoms with Gasteiger partial charge in [0.2, 0.25) is 0 Å². The van der Waals surface area contributed by atoms with Gasteiger partial charge in [-0.15, -0.1) is 0 Å². The number of aryl methyl sites for hydroxylation is 2. The molecular weight excluding hydrogens is 397 g/mol. The van der Waals surface area contributed by atoms with Gasteiger partial charge in [0.05, 0.1) is 17.4 Å². The summed E-state index contributed by atoms with van der Waals surface area (Å²) in [5, 5.41) is 2.46. The Bertz CT molecular complexity index is 1540. The van der Waals surface area contributed by atoms with E-state index >= 15 is 0 Å². The molecule has 0 fully saturated rings. The van der Waals surface area contributed by atoms with Crippen LogP contribution in [0.5, 0.6) is 0 Å². The van der Waals surface area contributed by atoms with Crippen molar-refractivity contribution >= 4 is 27.5 Å². The smallest absolute Gasteiger partial charge is 0.161 e. The Hall–Kier alpha value is -3.92. The molecular formula is C28H22FN3. The standard InChI is InChI=1S/C28H22FN3/c29-22-14-12-21(13-15-22)26-19-30-28-27-24(16-18-32(26)28)23-10-4-5-11-25(23)31(27)17-6-9-20-7-2-1-3-8-20/h1-5,7-8,10-16,18-19H,6,9,17H2. The van der Waals surface area contributed by atoms with E-state index in [1.54, 1.807) is 12.1 Å². The van der Waals surface area contributed by atoms with E-state index in [0.29, 0.717) is 0 Å². The number of rotatable bonds is 5. The Labute approximate surface area is 185 Å². The van der Waals surface area contributed by atoms with Crippen LogP contribution in [-0.2, 0) is 13.0 Å². The molecule has 6 aromatic rings. The van der Waals surface area contributed by atoms with E-state index in [9.17, 15) is 4.39 Å². The highest BCUT2D eigenvalue weighted by atomic mass is 19.1. The summed E-state index contributed by atoms with van der Waals surface area (Å²) in [6.07, 6.45) is 6.04. The van der Waals surface area contributed by atoms with Gasteiger partial charge in [-0.2, -0.15) is 0 Å². The van der Waals surface area contributed by atoms with Gasteiger partial charge in [-0.1, -0.05) is 48.5 Å². The third-order valence-electron chi connectivity index (χ3n) is 6.24. The van der Waals surface area contributed by atoms with Gasteiger partial charge in [-0.25, -0.2) is 9.37 Å². The largest absolute Gasteiger partial charge is 0.337 e.